The number of halogens is 2. The van der Waals surface area contributed by atoms with E-state index in [-0.39, 0.29) is 22.5 Å². The van der Waals surface area contributed by atoms with Gasteiger partial charge in [-0.3, -0.25) is 10.1 Å². The molecule has 0 saturated carbocycles. The maximum absolute atomic E-state index is 13.1. The van der Waals surface area contributed by atoms with Gasteiger partial charge in [0.25, 0.3) is 0 Å². The quantitative estimate of drug-likeness (QED) is 0.625. The number of rotatable bonds is 6. The van der Waals surface area contributed by atoms with E-state index in [1.54, 1.807) is 13.0 Å². The first-order chi connectivity index (χ1) is 10.5. The number of nitrogens with one attached hydrogen (secondary N) is 2. The third-order valence-electron chi connectivity index (χ3n) is 2.75. The molecular weight excluding hydrogens is 313 g/mol. The number of aromatic nitrogens is 2. The van der Waals surface area contributed by atoms with E-state index in [9.17, 15) is 14.5 Å². The van der Waals surface area contributed by atoms with Crippen LogP contribution in [-0.4, -0.2) is 21.4 Å². The van der Waals surface area contributed by atoms with E-state index in [0.717, 1.165) is 11.8 Å². The molecule has 0 fully saturated rings. The van der Waals surface area contributed by atoms with Crippen molar-refractivity contribution in [3.05, 3.63) is 50.9 Å². The Morgan fingerprint density at radius 1 is 1.41 bits per heavy atom. The first kappa shape index (κ1) is 15.9. The van der Waals surface area contributed by atoms with Gasteiger partial charge in [-0.15, -0.1) is 0 Å². The Morgan fingerprint density at radius 3 is 2.82 bits per heavy atom. The normalized spacial score (nSPS) is 10.3. The third-order valence-corrected chi connectivity index (χ3v) is 3.03. The van der Waals surface area contributed by atoms with Crippen LogP contribution < -0.4 is 10.6 Å². The maximum atomic E-state index is 13.1. The molecule has 0 saturated heterocycles. The van der Waals surface area contributed by atoms with Crippen molar-refractivity contribution in [3.63, 3.8) is 0 Å². The van der Waals surface area contributed by atoms with Crippen LogP contribution >= 0.6 is 11.6 Å². The minimum atomic E-state index is -0.554. The fourth-order valence-electron chi connectivity index (χ4n) is 1.72. The number of anilines is 2. The van der Waals surface area contributed by atoms with Crippen LogP contribution in [0.2, 0.25) is 5.02 Å². The zero-order valence-electron chi connectivity index (χ0n) is 11.6. The summed E-state index contributed by atoms with van der Waals surface area (Å²) in [4.78, 5) is 18.3. The van der Waals surface area contributed by atoms with E-state index in [2.05, 4.69) is 20.6 Å². The summed E-state index contributed by atoms with van der Waals surface area (Å²) in [6.07, 6.45) is 1.13. The molecule has 0 aliphatic heterocycles. The first-order valence-electron chi connectivity index (χ1n) is 6.44. The van der Waals surface area contributed by atoms with E-state index < -0.39 is 10.7 Å². The van der Waals surface area contributed by atoms with E-state index in [1.807, 2.05) is 0 Å². The SMILES string of the molecule is CCNc1nc(NCc2ccc(F)c(Cl)c2)ncc1[N+](=O)[O-]. The molecule has 9 heteroatoms. The number of nitro groups is 1. The molecule has 0 bridgehead atoms. The van der Waals surface area contributed by atoms with Crippen molar-refractivity contribution in [1.29, 1.82) is 0 Å². The third kappa shape index (κ3) is 3.79. The summed E-state index contributed by atoms with van der Waals surface area (Å²) in [6, 6.07) is 4.32. The lowest BCUT2D eigenvalue weighted by Crippen LogP contribution is -2.09. The molecule has 1 aromatic heterocycles. The second-order valence-electron chi connectivity index (χ2n) is 4.32. The lowest BCUT2D eigenvalue weighted by molar-refractivity contribution is -0.384. The molecule has 2 N–H and O–H groups in total. The number of benzene rings is 1. The van der Waals surface area contributed by atoms with Gasteiger partial charge in [0.1, 0.15) is 12.0 Å². The summed E-state index contributed by atoms with van der Waals surface area (Å²) in [7, 11) is 0. The molecule has 22 heavy (non-hydrogen) atoms. The Morgan fingerprint density at radius 2 is 2.18 bits per heavy atom. The summed E-state index contributed by atoms with van der Waals surface area (Å²) in [5.74, 6) is -0.129. The smallest absolute Gasteiger partial charge is 0.329 e. The van der Waals surface area contributed by atoms with Gasteiger partial charge in [0.15, 0.2) is 0 Å². The largest absolute Gasteiger partial charge is 0.364 e. The van der Waals surface area contributed by atoms with E-state index in [1.165, 1.54) is 12.1 Å². The highest BCUT2D eigenvalue weighted by Gasteiger charge is 2.16. The van der Waals surface area contributed by atoms with E-state index in [0.29, 0.717) is 13.1 Å². The zero-order valence-corrected chi connectivity index (χ0v) is 12.4. The summed E-state index contributed by atoms with van der Waals surface area (Å²) in [5, 5.41) is 16.6. The standard InChI is InChI=1S/C13H13ClFN5O2/c1-2-16-12-11(20(21)22)7-18-13(19-12)17-6-8-3-4-10(15)9(14)5-8/h3-5,7H,2,6H2,1H3,(H2,16,17,18,19). The molecule has 0 aliphatic carbocycles. The van der Waals surface area contributed by atoms with Gasteiger partial charge in [0.2, 0.25) is 11.8 Å². The molecule has 7 nitrogen and oxygen atoms in total. The van der Waals surface area contributed by atoms with Crippen LogP contribution in [0.1, 0.15) is 12.5 Å². The average Bonchev–Trinajstić information content (AvgIpc) is 2.49. The Labute approximate surface area is 130 Å². The van der Waals surface area contributed by atoms with Gasteiger partial charge in [0, 0.05) is 13.1 Å². The van der Waals surface area contributed by atoms with Crippen LogP contribution in [0.15, 0.2) is 24.4 Å². The van der Waals surface area contributed by atoms with E-state index in [4.69, 9.17) is 11.6 Å². The first-order valence-corrected chi connectivity index (χ1v) is 6.82. The van der Waals surface area contributed by atoms with Crippen LogP contribution in [0.25, 0.3) is 0 Å². The molecular formula is C13H13ClFN5O2. The Kier molecular flexibility index (Phi) is 5.05. The molecule has 2 aromatic rings. The second kappa shape index (κ2) is 6.99. The molecule has 0 unspecified atom stereocenters. The fraction of sp³-hybridized carbons (Fsp3) is 0.231. The molecule has 0 amide bonds. The van der Waals surface area contributed by atoms with Crippen LogP contribution in [-0.2, 0) is 6.54 Å². The Balaban J connectivity index is 2.14. The van der Waals surface area contributed by atoms with Crippen molar-refractivity contribution < 1.29 is 9.31 Å². The molecule has 1 heterocycles. The topological polar surface area (TPSA) is 93.0 Å². The van der Waals surface area contributed by atoms with Gasteiger partial charge in [0.05, 0.1) is 9.95 Å². The van der Waals surface area contributed by atoms with Crippen molar-refractivity contribution in [3.8, 4) is 0 Å². The van der Waals surface area contributed by atoms with Crippen LogP contribution in [0.5, 0.6) is 0 Å². The predicted octanol–water partition coefficient (Wildman–Crippen LogP) is 3.22. The summed E-state index contributed by atoms with van der Waals surface area (Å²) in [6.45, 7) is 2.60. The highest BCUT2D eigenvalue weighted by Crippen LogP contribution is 2.22. The lowest BCUT2D eigenvalue weighted by atomic mass is 10.2. The summed E-state index contributed by atoms with van der Waals surface area (Å²) >= 11 is 5.70. The van der Waals surface area contributed by atoms with Crippen molar-refractivity contribution in [2.24, 2.45) is 0 Å². The number of hydrogen-bond donors (Lipinski definition) is 2. The van der Waals surface area contributed by atoms with Crippen LogP contribution in [0, 0.1) is 15.9 Å². The fourth-order valence-corrected chi connectivity index (χ4v) is 1.93. The summed E-state index contributed by atoms with van der Waals surface area (Å²) in [5.41, 5.74) is 0.538. The molecule has 2 rings (SSSR count). The van der Waals surface area contributed by atoms with Gasteiger partial charge in [-0.05, 0) is 24.6 Å². The van der Waals surface area contributed by atoms with Crippen molar-refractivity contribution in [2.45, 2.75) is 13.5 Å². The number of nitrogens with zero attached hydrogens (tertiary/aromatic N) is 3. The van der Waals surface area contributed by atoms with Gasteiger partial charge in [-0.2, -0.15) is 4.98 Å². The molecule has 0 aliphatic rings. The molecule has 0 radical (unpaired) electrons. The summed E-state index contributed by atoms with van der Waals surface area (Å²) < 4.78 is 13.1. The Hall–Kier alpha value is -2.48. The molecule has 116 valence electrons. The van der Waals surface area contributed by atoms with Crippen molar-refractivity contribution >= 4 is 29.1 Å². The van der Waals surface area contributed by atoms with E-state index >= 15 is 0 Å². The average molecular weight is 326 g/mol. The zero-order chi connectivity index (χ0) is 16.1. The van der Waals surface area contributed by atoms with Crippen LogP contribution in [0.4, 0.5) is 21.8 Å². The minimum Gasteiger partial charge on any atom is -0.364 e. The van der Waals surface area contributed by atoms with Crippen molar-refractivity contribution in [2.75, 3.05) is 17.2 Å². The van der Waals surface area contributed by atoms with Gasteiger partial charge in [-0.1, -0.05) is 17.7 Å². The monoisotopic (exact) mass is 325 g/mol. The molecule has 0 spiro atoms. The molecule has 1 aromatic carbocycles. The highest BCUT2D eigenvalue weighted by molar-refractivity contribution is 6.30. The second-order valence-corrected chi connectivity index (χ2v) is 4.72. The van der Waals surface area contributed by atoms with Gasteiger partial charge < -0.3 is 10.6 Å². The Bertz CT molecular complexity index is 698. The maximum Gasteiger partial charge on any atom is 0.329 e. The minimum absolute atomic E-state index is 0.0252. The lowest BCUT2D eigenvalue weighted by Gasteiger charge is -2.08. The van der Waals surface area contributed by atoms with Crippen LogP contribution in [0.3, 0.4) is 0 Å². The van der Waals surface area contributed by atoms with Gasteiger partial charge >= 0.3 is 5.69 Å². The van der Waals surface area contributed by atoms with Crippen molar-refractivity contribution in [1.82, 2.24) is 9.97 Å². The predicted molar refractivity (Wildman–Crippen MR) is 81.6 cm³/mol. The van der Waals surface area contributed by atoms with Gasteiger partial charge in [-0.25, -0.2) is 9.37 Å². The highest BCUT2D eigenvalue weighted by atomic mass is 35.5. The molecule has 0 atom stereocenters. The number of hydrogen-bond acceptors (Lipinski definition) is 6.